The largest absolute Gasteiger partial charge is 0.493 e. The van der Waals surface area contributed by atoms with Crippen LogP contribution in [0.3, 0.4) is 0 Å². The van der Waals surface area contributed by atoms with Gasteiger partial charge in [0.25, 0.3) is 0 Å². The number of rotatable bonds is 8. The summed E-state index contributed by atoms with van der Waals surface area (Å²) in [6.45, 7) is 6.60. The van der Waals surface area contributed by atoms with Crippen molar-refractivity contribution in [2.75, 3.05) is 12.9 Å². The van der Waals surface area contributed by atoms with Gasteiger partial charge in [0.05, 0.1) is 12.9 Å². The van der Waals surface area contributed by atoms with Gasteiger partial charge in [-0.1, -0.05) is 18.2 Å². The molecule has 2 aromatic carbocycles. The smallest absolute Gasteiger partial charge is 0.306 e. The molecule has 2 rings (SSSR count). The van der Waals surface area contributed by atoms with Crippen LogP contribution in [0.25, 0.3) is 0 Å². The van der Waals surface area contributed by atoms with Gasteiger partial charge in [0.1, 0.15) is 22.8 Å². The van der Waals surface area contributed by atoms with E-state index in [1.807, 2.05) is 32.9 Å². The van der Waals surface area contributed by atoms with Crippen LogP contribution in [0.1, 0.15) is 32.8 Å². The second-order valence-corrected chi connectivity index (χ2v) is 8.65. The lowest BCUT2D eigenvalue weighted by Gasteiger charge is -2.21. The molecule has 0 unspecified atom stereocenters. The summed E-state index contributed by atoms with van der Waals surface area (Å²) < 4.78 is 38.6. The van der Waals surface area contributed by atoms with Gasteiger partial charge in [-0.05, 0) is 63.4 Å². The van der Waals surface area contributed by atoms with Crippen LogP contribution < -0.4 is 13.7 Å². The van der Waals surface area contributed by atoms with Crippen LogP contribution in [0.2, 0.25) is 0 Å². The first-order valence-electron chi connectivity index (χ1n) is 8.51. The van der Waals surface area contributed by atoms with Crippen molar-refractivity contribution < 1.29 is 22.1 Å². The number of hydrogen-bond donors (Lipinski definition) is 0. The van der Waals surface area contributed by atoms with Crippen molar-refractivity contribution in [1.82, 2.24) is 0 Å². The van der Waals surface area contributed by atoms with E-state index in [-0.39, 0.29) is 11.4 Å². The number of hydrogen-bond acceptors (Lipinski definition) is 5. The van der Waals surface area contributed by atoms with E-state index in [2.05, 4.69) is 12.1 Å². The quantitative estimate of drug-likeness (QED) is 0.508. The van der Waals surface area contributed by atoms with Crippen LogP contribution in [0, 0.1) is 0 Å². The van der Waals surface area contributed by atoms with E-state index in [4.69, 9.17) is 13.7 Å². The average Bonchev–Trinajstić information content (AvgIpc) is 2.50. The van der Waals surface area contributed by atoms with Gasteiger partial charge in [-0.3, -0.25) is 0 Å². The molecule has 0 N–H and O–H groups in total. The Bertz CT molecular complexity index is 805. The molecule has 26 heavy (non-hydrogen) atoms. The predicted octanol–water partition coefficient (Wildman–Crippen LogP) is 4.21. The SMILES string of the molecule is CC(C)(C)Oc1ccc(CCCOc2cccc(OS(C)(=O)=O)c2)cc1. The summed E-state index contributed by atoms with van der Waals surface area (Å²) in [5.41, 5.74) is 1.01. The fourth-order valence-corrected chi connectivity index (χ4v) is 2.79. The molecule has 0 heterocycles. The minimum Gasteiger partial charge on any atom is -0.493 e. The highest BCUT2D eigenvalue weighted by Gasteiger charge is 2.11. The molecule has 0 aliphatic carbocycles. The number of ether oxygens (including phenoxy) is 2. The summed E-state index contributed by atoms with van der Waals surface area (Å²) in [4.78, 5) is 0. The van der Waals surface area contributed by atoms with E-state index in [9.17, 15) is 8.42 Å². The summed E-state index contributed by atoms with van der Waals surface area (Å²) in [5, 5.41) is 0. The van der Waals surface area contributed by atoms with E-state index < -0.39 is 10.1 Å². The van der Waals surface area contributed by atoms with Gasteiger partial charge >= 0.3 is 10.1 Å². The number of aryl methyl sites for hydroxylation is 1. The van der Waals surface area contributed by atoms with Crippen LogP contribution in [0.4, 0.5) is 0 Å². The molecule has 0 fully saturated rings. The molecule has 0 aromatic heterocycles. The van der Waals surface area contributed by atoms with E-state index in [0.29, 0.717) is 12.4 Å². The molecule has 0 bridgehead atoms. The molecular weight excluding hydrogens is 352 g/mol. The van der Waals surface area contributed by atoms with Crippen molar-refractivity contribution >= 4 is 10.1 Å². The van der Waals surface area contributed by atoms with Gasteiger partial charge in [0.2, 0.25) is 0 Å². The molecular formula is C20H26O5S. The van der Waals surface area contributed by atoms with Gasteiger partial charge in [0.15, 0.2) is 0 Å². The van der Waals surface area contributed by atoms with Crippen molar-refractivity contribution in [1.29, 1.82) is 0 Å². The van der Waals surface area contributed by atoms with Gasteiger partial charge in [-0.15, -0.1) is 0 Å². The fourth-order valence-electron chi connectivity index (χ4n) is 2.33. The Labute approximate surface area is 156 Å². The summed E-state index contributed by atoms with van der Waals surface area (Å²) in [5.74, 6) is 1.69. The second-order valence-electron chi connectivity index (χ2n) is 7.07. The maximum Gasteiger partial charge on any atom is 0.306 e. The Kier molecular flexibility index (Phi) is 6.53. The Balaban J connectivity index is 1.79. The first kappa shape index (κ1) is 20.1. The second kappa shape index (κ2) is 8.45. The molecule has 5 nitrogen and oxygen atoms in total. The zero-order chi connectivity index (χ0) is 19.2. The highest BCUT2D eigenvalue weighted by molar-refractivity contribution is 7.86. The third-order valence-electron chi connectivity index (χ3n) is 3.28. The Hall–Kier alpha value is -2.21. The lowest BCUT2D eigenvalue weighted by molar-refractivity contribution is 0.131. The van der Waals surface area contributed by atoms with Crippen LogP contribution >= 0.6 is 0 Å². The fraction of sp³-hybridized carbons (Fsp3) is 0.400. The van der Waals surface area contributed by atoms with Crippen molar-refractivity contribution in [3.8, 4) is 17.2 Å². The first-order valence-corrected chi connectivity index (χ1v) is 10.3. The molecule has 0 aliphatic heterocycles. The van der Waals surface area contributed by atoms with Crippen molar-refractivity contribution in [3.05, 3.63) is 54.1 Å². The minimum absolute atomic E-state index is 0.204. The molecule has 0 spiro atoms. The van der Waals surface area contributed by atoms with Crippen molar-refractivity contribution in [3.63, 3.8) is 0 Å². The summed E-state index contributed by atoms with van der Waals surface area (Å²) in [6, 6.07) is 14.7. The molecule has 0 aliphatic rings. The molecule has 0 amide bonds. The standard InChI is InChI=1S/C20H26O5S/c1-20(2,3)24-17-12-10-16(11-13-17)7-6-14-23-18-8-5-9-19(15-18)25-26(4,21)22/h5,8-13,15H,6-7,14H2,1-4H3. The molecule has 0 atom stereocenters. The summed E-state index contributed by atoms with van der Waals surface area (Å²) in [6.07, 6.45) is 2.74. The highest BCUT2D eigenvalue weighted by atomic mass is 32.2. The number of benzene rings is 2. The predicted molar refractivity (Wildman–Crippen MR) is 103 cm³/mol. The van der Waals surface area contributed by atoms with Crippen LogP contribution in [0.5, 0.6) is 17.2 Å². The monoisotopic (exact) mass is 378 g/mol. The van der Waals surface area contributed by atoms with Crippen molar-refractivity contribution in [2.45, 2.75) is 39.2 Å². The van der Waals surface area contributed by atoms with E-state index in [1.54, 1.807) is 24.3 Å². The van der Waals surface area contributed by atoms with Gasteiger partial charge in [0, 0.05) is 6.07 Å². The lowest BCUT2D eigenvalue weighted by atomic mass is 10.1. The zero-order valence-electron chi connectivity index (χ0n) is 15.7. The normalized spacial score (nSPS) is 11.8. The topological polar surface area (TPSA) is 61.8 Å². The van der Waals surface area contributed by atoms with E-state index >= 15 is 0 Å². The summed E-state index contributed by atoms with van der Waals surface area (Å²) in [7, 11) is -3.54. The van der Waals surface area contributed by atoms with Gasteiger partial charge < -0.3 is 13.7 Å². The Morgan fingerprint density at radius 1 is 0.923 bits per heavy atom. The van der Waals surface area contributed by atoms with E-state index in [1.165, 1.54) is 5.56 Å². The minimum atomic E-state index is -3.54. The van der Waals surface area contributed by atoms with Gasteiger partial charge in [-0.2, -0.15) is 8.42 Å². The first-order chi connectivity index (χ1) is 12.1. The van der Waals surface area contributed by atoms with Crippen LogP contribution in [-0.4, -0.2) is 26.9 Å². The highest BCUT2D eigenvalue weighted by Crippen LogP contribution is 2.21. The Morgan fingerprint density at radius 3 is 2.19 bits per heavy atom. The zero-order valence-corrected chi connectivity index (χ0v) is 16.5. The third kappa shape index (κ3) is 7.78. The Morgan fingerprint density at radius 2 is 1.58 bits per heavy atom. The van der Waals surface area contributed by atoms with Crippen molar-refractivity contribution in [2.24, 2.45) is 0 Å². The molecule has 6 heteroatoms. The van der Waals surface area contributed by atoms with Gasteiger partial charge in [-0.25, -0.2) is 0 Å². The molecule has 0 radical (unpaired) electrons. The molecule has 0 saturated carbocycles. The third-order valence-corrected chi connectivity index (χ3v) is 3.77. The van der Waals surface area contributed by atoms with E-state index in [0.717, 1.165) is 24.8 Å². The lowest BCUT2D eigenvalue weighted by Crippen LogP contribution is -2.22. The molecule has 2 aromatic rings. The molecule has 142 valence electrons. The average molecular weight is 378 g/mol. The van der Waals surface area contributed by atoms with Crippen LogP contribution in [-0.2, 0) is 16.5 Å². The summed E-state index contributed by atoms with van der Waals surface area (Å²) >= 11 is 0. The maximum absolute atomic E-state index is 11.2. The van der Waals surface area contributed by atoms with Crippen LogP contribution in [0.15, 0.2) is 48.5 Å². The molecule has 0 saturated heterocycles. The maximum atomic E-state index is 11.2.